The van der Waals surface area contributed by atoms with Crippen molar-refractivity contribution in [3.63, 3.8) is 0 Å². The molecule has 0 spiro atoms. The van der Waals surface area contributed by atoms with Gasteiger partial charge in [0.15, 0.2) is 5.75 Å². The largest absolute Gasteiger partial charge is 0.490 e. The fourth-order valence-corrected chi connectivity index (χ4v) is 3.31. The topological polar surface area (TPSA) is 96.2 Å². The molecule has 1 atom stereocenters. The third-order valence-electron chi connectivity index (χ3n) is 4.64. The molecule has 1 aliphatic heterocycles. The van der Waals surface area contributed by atoms with Gasteiger partial charge in [-0.25, -0.2) is 0 Å². The van der Waals surface area contributed by atoms with Crippen LogP contribution in [0, 0.1) is 10.1 Å². The number of likely N-dealkylation sites (tertiary alicyclic amines) is 1. The van der Waals surface area contributed by atoms with Gasteiger partial charge in [-0.2, -0.15) is 0 Å². The van der Waals surface area contributed by atoms with Crippen molar-refractivity contribution in [2.45, 2.75) is 31.8 Å². The van der Waals surface area contributed by atoms with Crippen LogP contribution in [0.3, 0.4) is 0 Å². The molecule has 0 saturated carbocycles. The first-order chi connectivity index (χ1) is 11.9. The van der Waals surface area contributed by atoms with Crippen LogP contribution in [0.2, 0.25) is 0 Å². The first-order valence-electron chi connectivity index (χ1n) is 8.36. The molecule has 25 heavy (non-hydrogen) atoms. The maximum Gasteiger partial charge on any atom is 0.317 e. The molecule has 0 bridgehead atoms. The molecule has 138 valence electrons. The molecular weight excluding hydrogens is 326 g/mol. The van der Waals surface area contributed by atoms with Gasteiger partial charge in [0.05, 0.1) is 18.6 Å². The van der Waals surface area contributed by atoms with Crippen LogP contribution in [0.4, 0.5) is 5.69 Å². The van der Waals surface area contributed by atoms with E-state index in [9.17, 15) is 14.9 Å². The molecule has 1 aromatic carbocycles. The van der Waals surface area contributed by atoms with Crippen LogP contribution >= 0.6 is 0 Å². The van der Waals surface area contributed by atoms with Crippen LogP contribution in [0.1, 0.15) is 24.8 Å². The Balaban J connectivity index is 1.98. The van der Waals surface area contributed by atoms with Crippen LogP contribution < -0.4 is 4.74 Å². The summed E-state index contributed by atoms with van der Waals surface area (Å²) in [4.78, 5) is 25.7. The van der Waals surface area contributed by atoms with Crippen molar-refractivity contribution < 1.29 is 19.6 Å². The van der Waals surface area contributed by atoms with Gasteiger partial charge in [-0.3, -0.25) is 24.7 Å². The summed E-state index contributed by atoms with van der Waals surface area (Å²) in [6, 6.07) is 5.31. The lowest BCUT2D eigenvalue weighted by Gasteiger charge is -2.25. The van der Waals surface area contributed by atoms with E-state index in [4.69, 9.17) is 9.84 Å². The molecule has 1 aromatic rings. The summed E-state index contributed by atoms with van der Waals surface area (Å²) in [6.45, 7) is 2.43. The third-order valence-corrected chi connectivity index (χ3v) is 4.64. The fraction of sp³-hybridized carbons (Fsp3) is 0.588. The van der Waals surface area contributed by atoms with E-state index in [1.165, 1.54) is 7.11 Å². The molecule has 8 heteroatoms. The number of ether oxygens (including phenoxy) is 1. The lowest BCUT2D eigenvalue weighted by molar-refractivity contribution is -0.385. The summed E-state index contributed by atoms with van der Waals surface area (Å²) < 4.78 is 5.03. The van der Waals surface area contributed by atoms with E-state index in [0.29, 0.717) is 6.54 Å². The number of benzene rings is 1. The second-order valence-electron chi connectivity index (χ2n) is 6.43. The van der Waals surface area contributed by atoms with E-state index in [1.807, 2.05) is 18.0 Å². The van der Waals surface area contributed by atoms with Crippen molar-refractivity contribution in [3.05, 3.63) is 33.9 Å². The fourth-order valence-electron chi connectivity index (χ4n) is 3.31. The Labute approximate surface area is 147 Å². The highest BCUT2D eigenvalue weighted by atomic mass is 16.6. The van der Waals surface area contributed by atoms with Gasteiger partial charge in [0.25, 0.3) is 0 Å². The first kappa shape index (κ1) is 19.1. The number of aliphatic carboxylic acids is 1. The first-order valence-corrected chi connectivity index (χ1v) is 8.36. The highest BCUT2D eigenvalue weighted by Crippen LogP contribution is 2.28. The molecule has 0 aromatic heterocycles. The number of carboxylic acid groups (broad SMARTS) is 1. The summed E-state index contributed by atoms with van der Waals surface area (Å²) in [6.07, 6.45) is 2.83. The van der Waals surface area contributed by atoms with E-state index in [0.717, 1.165) is 37.9 Å². The van der Waals surface area contributed by atoms with Crippen molar-refractivity contribution >= 4 is 11.7 Å². The van der Waals surface area contributed by atoms with E-state index in [2.05, 4.69) is 4.90 Å². The third kappa shape index (κ3) is 5.40. The number of carboxylic acids is 1. The van der Waals surface area contributed by atoms with Gasteiger partial charge in [-0.15, -0.1) is 0 Å². The smallest absolute Gasteiger partial charge is 0.317 e. The molecule has 1 saturated heterocycles. The number of hydrogen-bond donors (Lipinski definition) is 1. The zero-order chi connectivity index (χ0) is 18.4. The van der Waals surface area contributed by atoms with Crippen molar-refractivity contribution in [1.82, 2.24) is 9.80 Å². The molecule has 8 nitrogen and oxygen atoms in total. The van der Waals surface area contributed by atoms with Crippen LogP contribution in [0.15, 0.2) is 18.2 Å². The number of likely N-dealkylation sites (N-methyl/N-ethyl adjacent to an activating group) is 1. The zero-order valence-electron chi connectivity index (χ0n) is 14.7. The minimum Gasteiger partial charge on any atom is -0.490 e. The Bertz CT molecular complexity index is 622. The predicted octanol–water partition coefficient (Wildman–Crippen LogP) is 1.97. The molecule has 1 fully saturated rings. The number of nitrogens with zero attached hydrogens (tertiary/aromatic N) is 3. The number of methoxy groups -OCH3 is 1. The van der Waals surface area contributed by atoms with Gasteiger partial charge in [0, 0.05) is 18.7 Å². The Morgan fingerprint density at radius 1 is 1.44 bits per heavy atom. The quantitative estimate of drug-likeness (QED) is 0.592. The van der Waals surface area contributed by atoms with Crippen molar-refractivity contribution in [2.24, 2.45) is 0 Å². The number of carbonyl (C=O) groups is 1. The standard InChI is InChI=1S/C17H25N3O5/c1-18(12-17(21)22)14-4-3-8-19(9-7-14)11-13-5-6-16(25-2)15(10-13)20(23)24/h5-6,10,14H,3-4,7-9,11-12H2,1-2H3,(H,21,22). The molecule has 1 aliphatic rings. The second-order valence-corrected chi connectivity index (χ2v) is 6.43. The lowest BCUT2D eigenvalue weighted by atomic mass is 10.1. The Morgan fingerprint density at radius 3 is 2.84 bits per heavy atom. The van der Waals surface area contributed by atoms with Crippen molar-refractivity contribution in [3.8, 4) is 5.75 Å². The van der Waals surface area contributed by atoms with Gasteiger partial charge in [-0.05, 0) is 51.0 Å². The monoisotopic (exact) mass is 351 g/mol. The summed E-state index contributed by atoms with van der Waals surface area (Å²) in [7, 11) is 3.27. The van der Waals surface area contributed by atoms with E-state index >= 15 is 0 Å². The minimum atomic E-state index is -0.811. The average molecular weight is 351 g/mol. The summed E-state index contributed by atoms with van der Waals surface area (Å²) in [5, 5.41) is 20.1. The molecular formula is C17H25N3O5. The van der Waals surface area contributed by atoms with Gasteiger partial charge in [0.1, 0.15) is 0 Å². The Morgan fingerprint density at radius 2 is 2.20 bits per heavy atom. The summed E-state index contributed by atoms with van der Waals surface area (Å²) >= 11 is 0. The number of nitro groups is 1. The number of hydrogen-bond acceptors (Lipinski definition) is 6. The molecule has 1 unspecified atom stereocenters. The SMILES string of the molecule is COc1ccc(CN2CCCC(N(C)CC(=O)O)CC2)cc1[N+](=O)[O-]. The summed E-state index contributed by atoms with van der Waals surface area (Å²) in [5.74, 6) is -0.547. The predicted molar refractivity (Wildman–Crippen MR) is 92.8 cm³/mol. The van der Waals surface area contributed by atoms with E-state index in [1.54, 1.807) is 12.1 Å². The molecule has 0 amide bonds. The van der Waals surface area contributed by atoms with Crippen LogP contribution in [0.5, 0.6) is 5.75 Å². The molecule has 1 N–H and O–H groups in total. The van der Waals surface area contributed by atoms with Crippen LogP contribution in [-0.2, 0) is 11.3 Å². The second kappa shape index (κ2) is 8.77. The van der Waals surface area contributed by atoms with Crippen LogP contribution in [0.25, 0.3) is 0 Å². The summed E-state index contributed by atoms with van der Waals surface area (Å²) in [5.41, 5.74) is 0.860. The molecule has 2 rings (SSSR count). The number of nitro benzene ring substituents is 1. The van der Waals surface area contributed by atoms with Gasteiger partial charge in [-0.1, -0.05) is 6.07 Å². The van der Waals surface area contributed by atoms with E-state index in [-0.39, 0.29) is 24.0 Å². The molecule has 0 radical (unpaired) electrons. The van der Waals surface area contributed by atoms with Gasteiger partial charge in [0.2, 0.25) is 0 Å². The average Bonchev–Trinajstić information content (AvgIpc) is 2.79. The maximum absolute atomic E-state index is 11.1. The van der Waals surface area contributed by atoms with Gasteiger partial charge >= 0.3 is 11.7 Å². The lowest BCUT2D eigenvalue weighted by Crippen LogP contribution is -2.36. The molecule has 1 heterocycles. The normalized spacial score (nSPS) is 18.8. The highest BCUT2D eigenvalue weighted by Gasteiger charge is 2.22. The van der Waals surface area contributed by atoms with Crippen molar-refractivity contribution in [1.29, 1.82) is 0 Å². The molecule has 0 aliphatic carbocycles. The van der Waals surface area contributed by atoms with Gasteiger partial charge < -0.3 is 9.84 Å². The maximum atomic E-state index is 11.1. The highest BCUT2D eigenvalue weighted by molar-refractivity contribution is 5.69. The minimum absolute atomic E-state index is 0.0195. The van der Waals surface area contributed by atoms with E-state index < -0.39 is 10.9 Å². The zero-order valence-corrected chi connectivity index (χ0v) is 14.7. The van der Waals surface area contributed by atoms with Crippen molar-refractivity contribution in [2.75, 3.05) is 33.8 Å². The Kier molecular flexibility index (Phi) is 6.72. The van der Waals surface area contributed by atoms with Crippen LogP contribution in [-0.4, -0.2) is 65.6 Å². The number of rotatable bonds is 7. The Hall–Kier alpha value is -2.19.